The number of fused-ring (bicyclic) bond motifs is 2. The van der Waals surface area contributed by atoms with Crippen molar-refractivity contribution in [2.24, 2.45) is 0 Å². The fourth-order valence-electron chi connectivity index (χ4n) is 4.28. The average molecular weight is 420 g/mol. The number of rotatable bonds is 3. The van der Waals surface area contributed by atoms with Crippen LogP contribution in [0.4, 0.5) is 11.4 Å². The molecule has 0 bridgehead atoms. The summed E-state index contributed by atoms with van der Waals surface area (Å²) in [5, 5.41) is 0. The number of carbonyl (C=O) groups is 1. The molecule has 2 aromatic heterocycles. The summed E-state index contributed by atoms with van der Waals surface area (Å²) in [5.41, 5.74) is 3.44. The van der Waals surface area contributed by atoms with Crippen molar-refractivity contribution in [1.82, 2.24) is 15.0 Å². The molecule has 0 radical (unpaired) electrons. The van der Waals surface area contributed by atoms with Crippen LogP contribution in [0, 0.1) is 6.92 Å². The predicted molar refractivity (Wildman–Crippen MR) is 112 cm³/mol. The zero-order valence-corrected chi connectivity index (χ0v) is 17.5. The van der Waals surface area contributed by atoms with Crippen molar-refractivity contribution in [3.05, 3.63) is 60.4 Å². The summed E-state index contributed by atoms with van der Waals surface area (Å²) < 4.78 is 24.1. The van der Waals surface area contributed by atoms with E-state index in [0.29, 0.717) is 11.5 Å². The van der Waals surface area contributed by atoms with E-state index in [9.17, 15) is 13.2 Å². The minimum absolute atomic E-state index is 0.0199. The normalized spacial score (nSPS) is 17.1. The van der Waals surface area contributed by atoms with Gasteiger partial charge in [0.1, 0.15) is 5.82 Å². The van der Waals surface area contributed by atoms with E-state index in [1.165, 1.54) is 18.5 Å². The molecule has 8 heteroatoms. The lowest BCUT2D eigenvalue weighted by atomic mass is 9.65. The Labute approximate surface area is 174 Å². The molecule has 0 saturated heterocycles. The molecule has 0 atom stereocenters. The van der Waals surface area contributed by atoms with Gasteiger partial charge in [-0.1, -0.05) is 18.6 Å². The highest BCUT2D eigenvalue weighted by Gasteiger charge is 2.54. The molecular weight excluding hydrogens is 400 g/mol. The molecule has 0 N–H and O–H groups in total. The first kappa shape index (κ1) is 18.9. The fraction of sp³-hybridized carbons (Fsp3) is 0.273. The van der Waals surface area contributed by atoms with Crippen LogP contribution in [0.1, 0.15) is 30.7 Å². The number of aromatic nitrogens is 3. The maximum absolute atomic E-state index is 13.5. The second-order valence-electron chi connectivity index (χ2n) is 7.98. The minimum Gasteiger partial charge on any atom is -0.278 e. The second-order valence-corrected chi connectivity index (χ2v) is 9.99. The lowest BCUT2D eigenvalue weighted by molar-refractivity contribution is -0.125. The molecule has 1 spiro atoms. The van der Waals surface area contributed by atoms with E-state index in [2.05, 4.69) is 15.0 Å². The highest BCUT2D eigenvalue weighted by atomic mass is 32.2. The minimum atomic E-state index is -3.44. The van der Waals surface area contributed by atoms with Crippen molar-refractivity contribution in [3.8, 4) is 11.1 Å². The van der Waals surface area contributed by atoms with Gasteiger partial charge < -0.3 is 0 Å². The molecule has 1 saturated carbocycles. The maximum atomic E-state index is 13.5. The Morgan fingerprint density at radius 1 is 1.00 bits per heavy atom. The number of carbonyl (C=O) groups excluding carboxylic acids is 1. The van der Waals surface area contributed by atoms with Crippen molar-refractivity contribution >= 4 is 27.1 Å². The molecule has 1 aromatic carbocycles. The van der Waals surface area contributed by atoms with Crippen LogP contribution >= 0.6 is 0 Å². The fourth-order valence-corrected chi connectivity index (χ4v) is 4.87. The van der Waals surface area contributed by atoms with Crippen molar-refractivity contribution in [1.29, 1.82) is 0 Å². The third-order valence-corrected chi connectivity index (χ3v) is 7.15. The molecule has 7 nitrogen and oxygen atoms in total. The number of anilines is 2. The second kappa shape index (κ2) is 6.43. The molecule has 0 unspecified atom stereocenters. The van der Waals surface area contributed by atoms with E-state index in [1.54, 1.807) is 17.3 Å². The van der Waals surface area contributed by atoms with Crippen molar-refractivity contribution in [2.75, 3.05) is 11.2 Å². The highest BCUT2D eigenvalue weighted by molar-refractivity contribution is 7.90. The lowest BCUT2D eigenvalue weighted by Crippen LogP contribution is -2.43. The number of hydrogen-bond acceptors (Lipinski definition) is 6. The zero-order chi connectivity index (χ0) is 21.1. The largest absolute Gasteiger partial charge is 0.278 e. The van der Waals surface area contributed by atoms with Gasteiger partial charge in [0.2, 0.25) is 5.91 Å². The lowest BCUT2D eigenvalue weighted by Gasteiger charge is -2.37. The number of benzene rings is 1. The van der Waals surface area contributed by atoms with Gasteiger partial charge >= 0.3 is 0 Å². The van der Waals surface area contributed by atoms with Gasteiger partial charge in [0.25, 0.3) is 0 Å². The van der Waals surface area contributed by atoms with Gasteiger partial charge in [0.05, 0.1) is 27.9 Å². The van der Waals surface area contributed by atoms with Gasteiger partial charge in [-0.25, -0.2) is 18.4 Å². The monoisotopic (exact) mass is 420 g/mol. The van der Waals surface area contributed by atoms with Crippen LogP contribution in [0.3, 0.4) is 0 Å². The van der Waals surface area contributed by atoms with Crippen LogP contribution in [0.25, 0.3) is 11.1 Å². The van der Waals surface area contributed by atoms with E-state index in [4.69, 9.17) is 0 Å². The summed E-state index contributed by atoms with van der Waals surface area (Å²) in [6.45, 7) is 1.83. The van der Waals surface area contributed by atoms with E-state index < -0.39 is 15.3 Å². The number of hydrogen-bond donors (Lipinski definition) is 0. The number of aryl methyl sites for hydroxylation is 1. The molecule has 1 amide bonds. The highest BCUT2D eigenvalue weighted by Crippen LogP contribution is 2.56. The Morgan fingerprint density at radius 2 is 1.73 bits per heavy atom. The van der Waals surface area contributed by atoms with Gasteiger partial charge in [-0.15, -0.1) is 0 Å². The first-order valence-electron chi connectivity index (χ1n) is 9.73. The summed E-state index contributed by atoms with van der Waals surface area (Å²) in [7, 11) is -3.44. The summed E-state index contributed by atoms with van der Waals surface area (Å²) in [6.07, 6.45) is 10.1. The average Bonchev–Trinajstić information content (AvgIpc) is 2.95. The smallest absolute Gasteiger partial charge is 0.242 e. The van der Waals surface area contributed by atoms with Gasteiger partial charge in [-0.2, -0.15) is 0 Å². The maximum Gasteiger partial charge on any atom is 0.242 e. The van der Waals surface area contributed by atoms with Crippen LogP contribution in [-0.2, 0) is 20.0 Å². The Kier molecular flexibility index (Phi) is 4.05. The van der Waals surface area contributed by atoms with Gasteiger partial charge in [0, 0.05) is 30.4 Å². The Bertz CT molecular complexity index is 1280. The summed E-state index contributed by atoms with van der Waals surface area (Å²) >= 11 is 0. The zero-order valence-electron chi connectivity index (χ0n) is 16.7. The van der Waals surface area contributed by atoms with Crippen LogP contribution in [-0.4, -0.2) is 35.5 Å². The number of nitrogens with zero attached hydrogens (tertiary/aromatic N) is 4. The number of pyridine rings is 1. The Balaban J connectivity index is 1.68. The van der Waals surface area contributed by atoms with E-state index in [0.717, 1.165) is 47.9 Å². The third-order valence-electron chi connectivity index (χ3n) is 6.07. The molecule has 152 valence electrons. The molecule has 3 heterocycles. The third kappa shape index (κ3) is 2.74. The van der Waals surface area contributed by atoms with Crippen LogP contribution < -0.4 is 4.90 Å². The van der Waals surface area contributed by atoms with E-state index >= 15 is 0 Å². The summed E-state index contributed by atoms with van der Waals surface area (Å²) in [5.74, 6) is 0.669. The Hall–Kier alpha value is -3.13. The summed E-state index contributed by atoms with van der Waals surface area (Å²) in [6, 6.07) is 7.48. The van der Waals surface area contributed by atoms with E-state index in [-0.39, 0.29) is 10.8 Å². The van der Waals surface area contributed by atoms with E-state index in [1.807, 2.05) is 25.1 Å². The molecule has 1 aliphatic heterocycles. The van der Waals surface area contributed by atoms with Crippen molar-refractivity contribution in [3.63, 3.8) is 0 Å². The van der Waals surface area contributed by atoms with Crippen LogP contribution in [0.15, 0.2) is 53.9 Å². The molecule has 30 heavy (non-hydrogen) atoms. The predicted octanol–water partition coefficient (Wildman–Crippen LogP) is 3.35. The van der Waals surface area contributed by atoms with Gasteiger partial charge in [0.15, 0.2) is 9.84 Å². The standard InChI is InChI=1S/C22H20N4O3S/c1-14-24-10-16(11-25-14)15-4-5-19-20(8-15)26(21(27)22(19)6-3-7-22)17-9-18(13-23-12-17)30(2,28)29/h4-5,8-13H,3,6-7H2,1-2H3. The SMILES string of the molecule is Cc1ncc(-c2ccc3c(c2)N(c2cncc(S(C)(=O)=O)c2)C(=O)C32CCC2)cn1. The van der Waals surface area contributed by atoms with Gasteiger partial charge in [-0.3, -0.25) is 14.7 Å². The van der Waals surface area contributed by atoms with Crippen LogP contribution in [0.2, 0.25) is 0 Å². The quantitative estimate of drug-likeness (QED) is 0.645. The van der Waals surface area contributed by atoms with Crippen molar-refractivity contribution in [2.45, 2.75) is 36.5 Å². The topological polar surface area (TPSA) is 93.1 Å². The first-order chi connectivity index (χ1) is 14.3. The van der Waals surface area contributed by atoms with Crippen molar-refractivity contribution < 1.29 is 13.2 Å². The molecule has 5 rings (SSSR count). The van der Waals surface area contributed by atoms with Gasteiger partial charge in [-0.05, 0) is 43.0 Å². The first-order valence-corrected chi connectivity index (χ1v) is 11.6. The molecule has 1 fully saturated rings. The summed E-state index contributed by atoms with van der Waals surface area (Å²) in [4.78, 5) is 27.9. The molecule has 1 aliphatic carbocycles. The molecular formula is C22H20N4O3S. The molecule has 2 aliphatic rings. The number of sulfone groups is 1. The van der Waals surface area contributed by atoms with Crippen LogP contribution in [0.5, 0.6) is 0 Å². The number of amides is 1. The Morgan fingerprint density at radius 3 is 2.37 bits per heavy atom. The molecule has 3 aromatic rings.